The van der Waals surface area contributed by atoms with Crippen LogP contribution in [-0.4, -0.2) is 27.9 Å². The minimum Gasteiger partial charge on any atom is -0.486 e. The van der Waals surface area contributed by atoms with Gasteiger partial charge in [-0.15, -0.1) is 0 Å². The van der Waals surface area contributed by atoms with E-state index in [2.05, 4.69) is 25.2 Å². The second kappa shape index (κ2) is 5.02. The Morgan fingerprint density at radius 1 is 1.44 bits per heavy atom. The number of nitrogens with one attached hydrogen (secondary N) is 1. The van der Waals surface area contributed by atoms with Crippen molar-refractivity contribution >= 4 is 10.8 Å². The normalized spacial score (nSPS) is 24.1. The molecule has 4 heteroatoms. The predicted octanol–water partition coefficient (Wildman–Crippen LogP) is 2.26. The van der Waals surface area contributed by atoms with Gasteiger partial charge >= 0.3 is 0 Å². The molecule has 100 valence electrons. The standard InChI is InChI=1S/C14H21NO2S/c1-10(18(4)16)9-15-13-11-7-5-6-8-12(11)17-14(13,2)3/h5-8,10,13,15H,9H2,1-4H3. The topological polar surface area (TPSA) is 38.3 Å². The summed E-state index contributed by atoms with van der Waals surface area (Å²) in [4.78, 5) is 0. The van der Waals surface area contributed by atoms with Gasteiger partial charge in [-0.05, 0) is 26.8 Å². The Labute approximate surface area is 111 Å². The Morgan fingerprint density at radius 3 is 2.78 bits per heavy atom. The number of hydrogen-bond donors (Lipinski definition) is 1. The zero-order valence-corrected chi connectivity index (χ0v) is 12.2. The molecule has 0 radical (unpaired) electrons. The highest BCUT2D eigenvalue weighted by atomic mass is 32.2. The first-order valence-corrected chi connectivity index (χ1v) is 7.87. The van der Waals surface area contributed by atoms with Gasteiger partial charge in [0.05, 0.1) is 6.04 Å². The number of rotatable bonds is 4. The molecule has 3 unspecified atom stereocenters. The summed E-state index contributed by atoms with van der Waals surface area (Å²) in [6, 6.07) is 8.26. The van der Waals surface area contributed by atoms with Crippen LogP contribution in [0.1, 0.15) is 32.4 Å². The van der Waals surface area contributed by atoms with Gasteiger partial charge in [0.1, 0.15) is 11.4 Å². The van der Waals surface area contributed by atoms with Gasteiger partial charge in [-0.25, -0.2) is 0 Å². The lowest BCUT2D eigenvalue weighted by molar-refractivity contribution is 0.0968. The van der Waals surface area contributed by atoms with Gasteiger partial charge < -0.3 is 10.1 Å². The molecule has 0 amide bonds. The van der Waals surface area contributed by atoms with E-state index in [0.29, 0.717) is 0 Å². The number of hydrogen-bond acceptors (Lipinski definition) is 3. The van der Waals surface area contributed by atoms with Crippen LogP contribution in [0.3, 0.4) is 0 Å². The SMILES string of the molecule is CC(CNC1c2ccccc2OC1(C)C)S(C)=O. The van der Waals surface area contributed by atoms with Crippen LogP contribution in [0.4, 0.5) is 0 Å². The van der Waals surface area contributed by atoms with Crippen LogP contribution in [0, 0.1) is 0 Å². The van der Waals surface area contributed by atoms with E-state index in [-0.39, 0.29) is 16.9 Å². The molecule has 0 fully saturated rings. The summed E-state index contributed by atoms with van der Waals surface area (Å²) in [7, 11) is -0.796. The maximum atomic E-state index is 11.4. The van der Waals surface area contributed by atoms with Crippen molar-refractivity contribution < 1.29 is 8.95 Å². The average molecular weight is 267 g/mol. The Bertz CT molecular complexity index is 459. The Balaban J connectivity index is 2.14. The second-order valence-corrected chi connectivity index (χ2v) is 7.20. The molecular weight excluding hydrogens is 246 g/mol. The average Bonchev–Trinajstić information content (AvgIpc) is 2.55. The molecule has 0 spiro atoms. The van der Waals surface area contributed by atoms with Crippen LogP contribution < -0.4 is 10.1 Å². The summed E-state index contributed by atoms with van der Waals surface area (Å²) in [6.45, 7) is 6.89. The summed E-state index contributed by atoms with van der Waals surface area (Å²) in [5.74, 6) is 0.949. The van der Waals surface area contributed by atoms with E-state index in [1.54, 1.807) is 6.26 Å². The van der Waals surface area contributed by atoms with E-state index in [9.17, 15) is 4.21 Å². The molecule has 1 aromatic rings. The fourth-order valence-electron chi connectivity index (χ4n) is 2.29. The zero-order valence-electron chi connectivity index (χ0n) is 11.4. The highest BCUT2D eigenvalue weighted by Gasteiger charge is 2.40. The molecule has 1 N–H and O–H groups in total. The van der Waals surface area contributed by atoms with Gasteiger partial charge in [0, 0.05) is 34.4 Å². The fourth-order valence-corrected chi connectivity index (χ4v) is 2.62. The van der Waals surface area contributed by atoms with Gasteiger partial charge in [-0.3, -0.25) is 4.21 Å². The molecule has 0 saturated carbocycles. The van der Waals surface area contributed by atoms with Gasteiger partial charge in [0.15, 0.2) is 0 Å². The lowest BCUT2D eigenvalue weighted by Crippen LogP contribution is -2.42. The summed E-state index contributed by atoms with van der Waals surface area (Å²) in [5.41, 5.74) is 0.926. The highest BCUT2D eigenvalue weighted by Crippen LogP contribution is 2.42. The van der Waals surface area contributed by atoms with Gasteiger partial charge in [-0.1, -0.05) is 18.2 Å². The molecular formula is C14H21NO2S. The maximum Gasteiger partial charge on any atom is 0.125 e. The van der Waals surface area contributed by atoms with Crippen molar-refractivity contribution in [2.24, 2.45) is 0 Å². The van der Waals surface area contributed by atoms with Crippen molar-refractivity contribution in [3.05, 3.63) is 29.8 Å². The largest absolute Gasteiger partial charge is 0.486 e. The van der Waals surface area contributed by atoms with Gasteiger partial charge in [0.25, 0.3) is 0 Å². The molecule has 0 bridgehead atoms. The number of benzene rings is 1. The van der Waals surface area contributed by atoms with Crippen molar-refractivity contribution in [3.8, 4) is 5.75 Å². The minimum absolute atomic E-state index is 0.147. The molecule has 1 aliphatic heterocycles. The molecule has 2 rings (SSSR count). The lowest BCUT2D eigenvalue weighted by Gasteiger charge is -2.28. The quantitative estimate of drug-likeness (QED) is 0.909. The molecule has 3 atom stereocenters. The number of para-hydroxylation sites is 1. The third-order valence-corrected chi connectivity index (χ3v) is 4.77. The van der Waals surface area contributed by atoms with Crippen molar-refractivity contribution in [3.63, 3.8) is 0 Å². The first-order chi connectivity index (χ1) is 8.42. The number of fused-ring (bicyclic) bond motifs is 1. The van der Waals surface area contributed by atoms with E-state index in [1.807, 2.05) is 25.1 Å². The first-order valence-electron chi connectivity index (χ1n) is 6.25. The molecule has 3 nitrogen and oxygen atoms in total. The van der Waals surface area contributed by atoms with E-state index in [1.165, 1.54) is 5.56 Å². The maximum absolute atomic E-state index is 11.4. The van der Waals surface area contributed by atoms with Crippen LogP contribution >= 0.6 is 0 Å². The molecule has 0 aromatic heterocycles. The van der Waals surface area contributed by atoms with Crippen LogP contribution in [0.5, 0.6) is 5.75 Å². The summed E-state index contributed by atoms with van der Waals surface area (Å²) in [6.07, 6.45) is 1.75. The third kappa shape index (κ3) is 2.59. The Kier molecular flexibility index (Phi) is 3.78. The third-order valence-electron chi connectivity index (χ3n) is 3.47. The molecule has 1 heterocycles. The summed E-state index contributed by atoms with van der Waals surface area (Å²) < 4.78 is 17.4. The fraction of sp³-hybridized carbons (Fsp3) is 0.571. The van der Waals surface area contributed by atoms with Crippen LogP contribution in [0.2, 0.25) is 0 Å². The van der Waals surface area contributed by atoms with E-state index >= 15 is 0 Å². The number of ether oxygens (including phenoxy) is 1. The first kappa shape index (κ1) is 13.6. The van der Waals surface area contributed by atoms with E-state index in [0.717, 1.165) is 12.3 Å². The van der Waals surface area contributed by atoms with Crippen molar-refractivity contribution in [2.75, 3.05) is 12.8 Å². The van der Waals surface area contributed by atoms with Crippen LogP contribution in [0.15, 0.2) is 24.3 Å². The van der Waals surface area contributed by atoms with Crippen molar-refractivity contribution in [1.29, 1.82) is 0 Å². The van der Waals surface area contributed by atoms with Crippen molar-refractivity contribution in [1.82, 2.24) is 5.32 Å². The second-order valence-electron chi connectivity index (χ2n) is 5.39. The Hall–Kier alpha value is -0.870. The zero-order chi connectivity index (χ0) is 13.3. The smallest absolute Gasteiger partial charge is 0.125 e. The van der Waals surface area contributed by atoms with Gasteiger partial charge in [-0.2, -0.15) is 0 Å². The summed E-state index contributed by atoms with van der Waals surface area (Å²) >= 11 is 0. The van der Waals surface area contributed by atoms with Crippen LogP contribution in [-0.2, 0) is 10.8 Å². The van der Waals surface area contributed by atoms with Crippen LogP contribution in [0.25, 0.3) is 0 Å². The molecule has 0 aliphatic carbocycles. The summed E-state index contributed by atoms with van der Waals surface area (Å²) in [5, 5.41) is 3.64. The van der Waals surface area contributed by atoms with Crippen molar-refractivity contribution in [2.45, 2.75) is 37.7 Å². The predicted molar refractivity (Wildman–Crippen MR) is 75.4 cm³/mol. The lowest BCUT2D eigenvalue weighted by atomic mass is 9.94. The van der Waals surface area contributed by atoms with E-state index in [4.69, 9.17) is 4.74 Å². The van der Waals surface area contributed by atoms with E-state index < -0.39 is 10.8 Å². The molecule has 0 saturated heterocycles. The molecule has 18 heavy (non-hydrogen) atoms. The van der Waals surface area contributed by atoms with Gasteiger partial charge in [0.2, 0.25) is 0 Å². The Morgan fingerprint density at radius 2 is 2.11 bits per heavy atom. The molecule has 1 aliphatic rings. The minimum atomic E-state index is -0.796. The highest BCUT2D eigenvalue weighted by molar-refractivity contribution is 7.84. The molecule has 1 aromatic carbocycles. The monoisotopic (exact) mass is 267 g/mol.